The summed E-state index contributed by atoms with van der Waals surface area (Å²) >= 11 is 0. The first-order valence-corrected chi connectivity index (χ1v) is 7.87. The third-order valence-electron chi connectivity index (χ3n) is 4.93. The molecule has 1 amide bonds. The fourth-order valence-electron chi connectivity index (χ4n) is 4.07. The summed E-state index contributed by atoms with van der Waals surface area (Å²) in [5, 5.41) is 0. The van der Waals surface area contributed by atoms with Crippen LogP contribution >= 0.6 is 0 Å². The maximum Gasteiger partial charge on any atom is 0.224 e. The summed E-state index contributed by atoms with van der Waals surface area (Å²) < 4.78 is 0. The van der Waals surface area contributed by atoms with Crippen molar-refractivity contribution >= 4 is 11.6 Å². The number of carbonyl (C=O) groups excluding carboxylic acids is 1. The number of carbonyl (C=O) groups is 1. The highest BCUT2D eigenvalue weighted by molar-refractivity contribution is 5.94. The average molecular weight is 289 g/mol. The molecule has 1 heterocycles. The van der Waals surface area contributed by atoms with Crippen LogP contribution in [0.5, 0.6) is 0 Å². The smallest absolute Gasteiger partial charge is 0.224 e. The first-order chi connectivity index (χ1) is 10.8. The van der Waals surface area contributed by atoms with Crippen molar-refractivity contribution in [3.05, 3.63) is 77.9 Å². The minimum absolute atomic E-state index is 0.117. The number of anilines is 1. The van der Waals surface area contributed by atoms with Gasteiger partial charge in [-0.3, -0.25) is 4.79 Å². The van der Waals surface area contributed by atoms with Crippen LogP contribution in [-0.4, -0.2) is 5.91 Å². The highest BCUT2D eigenvalue weighted by Crippen LogP contribution is 2.52. The average Bonchev–Trinajstić information content (AvgIpc) is 3.03. The van der Waals surface area contributed by atoms with Crippen molar-refractivity contribution in [1.82, 2.24) is 0 Å². The zero-order chi connectivity index (χ0) is 15.1. The summed E-state index contributed by atoms with van der Waals surface area (Å²) in [4.78, 5) is 14.4. The van der Waals surface area contributed by atoms with Crippen molar-refractivity contribution in [1.29, 1.82) is 0 Å². The lowest BCUT2D eigenvalue weighted by atomic mass is 9.75. The number of para-hydroxylation sites is 1. The van der Waals surface area contributed by atoms with Crippen LogP contribution in [0.1, 0.15) is 36.4 Å². The predicted octanol–water partition coefficient (Wildman–Crippen LogP) is 4.45. The summed E-state index contributed by atoms with van der Waals surface area (Å²) in [5.41, 5.74) is 3.58. The van der Waals surface area contributed by atoms with Gasteiger partial charge in [-0.2, -0.15) is 0 Å². The molecule has 0 saturated heterocycles. The first kappa shape index (κ1) is 13.3. The summed E-state index contributed by atoms with van der Waals surface area (Å²) in [7, 11) is 0. The Hall–Kier alpha value is -2.35. The summed E-state index contributed by atoms with van der Waals surface area (Å²) in [6.07, 6.45) is 5.62. The molecule has 1 aliphatic carbocycles. The fourth-order valence-corrected chi connectivity index (χ4v) is 4.07. The standard InChI is InChI=1S/C20H19NO/c1-14(22)21-19-13-6-5-10-17(19)16-11-7-12-18(16)20(21)15-8-3-2-4-9-15/h2-11,13,16,18,20H,12H2,1H3/t16-,18-,20-/m1/s1. The van der Waals surface area contributed by atoms with Gasteiger partial charge in [-0.15, -0.1) is 0 Å². The monoisotopic (exact) mass is 289 g/mol. The Kier molecular flexibility index (Phi) is 3.11. The van der Waals surface area contributed by atoms with Crippen LogP contribution in [0.3, 0.4) is 0 Å². The molecule has 0 spiro atoms. The van der Waals surface area contributed by atoms with E-state index in [1.807, 2.05) is 17.0 Å². The lowest BCUT2D eigenvalue weighted by molar-refractivity contribution is -0.117. The van der Waals surface area contributed by atoms with Gasteiger partial charge in [0, 0.05) is 18.5 Å². The lowest BCUT2D eigenvalue weighted by Crippen LogP contribution is -2.42. The second-order valence-electron chi connectivity index (χ2n) is 6.16. The van der Waals surface area contributed by atoms with Crippen molar-refractivity contribution in [2.45, 2.75) is 25.3 Å². The van der Waals surface area contributed by atoms with Gasteiger partial charge in [-0.05, 0) is 29.5 Å². The summed E-state index contributed by atoms with van der Waals surface area (Å²) in [6.45, 7) is 1.68. The molecule has 0 aromatic heterocycles. The zero-order valence-electron chi connectivity index (χ0n) is 12.6. The van der Waals surface area contributed by atoms with E-state index in [9.17, 15) is 4.79 Å². The van der Waals surface area contributed by atoms with E-state index < -0.39 is 0 Å². The molecule has 1 aliphatic heterocycles. The SMILES string of the molecule is CC(=O)N1c2ccccc2[C@H]2C=CC[C@H]2[C@H]1c1ccccc1. The predicted molar refractivity (Wildman–Crippen MR) is 88.8 cm³/mol. The van der Waals surface area contributed by atoms with Crippen LogP contribution in [-0.2, 0) is 4.79 Å². The number of hydrogen-bond acceptors (Lipinski definition) is 1. The van der Waals surface area contributed by atoms with Crippen molar-refractivity contribution in [3.8, 4) is 0 Å². The van der Waals surface area contributed by atoms with E-state index in [1.165, 1.54) is 11.1 Å². The molecule has 0 N–H and O–H groups in total. The molecular formula is C20H19NO. The Balaban J connectivity index is 1.92. The molecule has 110 valence electrons. The quantitative estimate of drug-likeness (QED) is 0.710. The number of nitrogens with zero attached hydrogens (tertiary/aromatic N) is 1. The molecule has 0 fully saturated rings. The molecule has 4 rings (SSSR count). The fraction of sp³-hybridized carbons (Fsp3) is 0.250. The molecule has 3 atom stereocenters. The van der Waals surface area contributed by atoms with Gasteiger partial charge < -0.3 is 4.90 Å². The van der Waals surface area contributed by atoms with E-state index >= 15 is 0 Å². The van der Waals surface area contributed by atoms with Gasteiger partial charge in [0.1, 0.15) is 0 Å². The molecular weight excluding hydrogens is 270 g/mol. The van der Waals surface area contributed by atoms with Gasteiger partial charge in [0.05, 0.1) is 6.04 Å². The normalized spacial score (nSPS) is 25.7. The van der Waals surface area contributed by atoms with E-state index in [2.05, 4.69) is 54.6 Å². The highest BCUT2D eigenvalue weighted by Gasteiger charge is 2.43. The van der Waals surface area contributed by atoms with Crippen LogP contribution in [0.2, 0.25) is 0 Å². The molecule has 2 heteroatoms. The Morgan fingerprint density at radius 3 is 2.55 bits per heavy atom. The molecule has 0 bridgehead atoms. The van der Waals surface area contributed by atoms with E-state index in [0.29, 0.717) is 11.8 Å². The van der Waals surface area contributed by atoms with E-state index in [4.69, 9.17) is 0 Å². The highest BCUT2D eigenvalue weighted by atomic mass is 16.2. The van der Waals surface area contributed by atoms with Gasteiger partial charge >= 0.3 is 0 Å². The Morgan fingerprint density at radius 2 is 1.77 bits per heavy atom. The van der Waals surface area contributed by atoms with Crippen molar-refractivity contribution in [2.75, 3.05) is 4.90 Å². The molecule has 2 aromatic carbocycles. The van der Waals surface area contributed by atoms with Gasteiger partial charge in [-0.25, -0.2) is 0 Å². The third kappa shape index (κ3) is 1.91. The van der Waals surface area contributed by atoms with Crippen molar-refractivity contribution in [3.63, 3.8) is 0 Å². The Labute approximate surface area is 131 Å². The van der Waals surface area contributed by atoms with Crippen LogP contribution in [0.25, 0.3) is 0 Å². The molecule has 2 aromatic rings. The largest absolute Gasteiger partial charge is 0.305 e. The number of fused-ring (bicyclic) bond motifs is 3. The number of allylic oxidation sites excluding steroid dienone is 2. The third-order valence-corrected chi connectivity index (χ3v) is 4.93. The van der Waals surface area contributed by atoms with Crippen LogP contribution in [0.4, 0.5) is 5.69 Å². The maximum absolute atomic E-state index is 12.4. The van der Waals surface area contributed by atoms with Crippen molar-refractivity contribution < 1.29 is 4.79 Å². The maximum atomic E-state index is 12.4. The lowest BCUT2D eigenvalue weighted by Gasteiger charge is -2.44. The van der Waals surface area contributed by atoms with E-state index in [1.54, 1.807) is 6.92 Å². The molecule has 0 saturated carbocycles. The van der Waals surface area contributed by atoms with Gasteiger partial charge in [0.15, 0.2) is 0 Å². The Morgan fingerprint density at radius 1 is 1.05 bits per heavy atom. The molecule has 2 nitrogen and oxygen atoms in total. The Bertz CT molecular complexity index is 734. The number of amides is 1. The minimum Gasteiger partial charge on any atom is -0.305 e. The van der Waals surface area contributed by atoms with Crippen LogP contribution in [0.15, 0.2) is 66.7 Å². The van der Waals surface area contributed by atoms with Gasteiger partial charge in [0.2, 0.25) is 5.91 Å². The topological polar surface area (TPSA) is 20.3 Å². The number of benzene rings is 2. The molecule has 2 aliphatic rings. The van der Waals surface area contributed by atoms with Crippen LogP contribution < -0.4 is 4.90 Å². The first-order valence-electron chi connectivity index (χ1n) is 7.87. The minimum atomic E-state index is 0.117. The van der Waals surface area contributed by atoms with Crippen LogP contribution in [0, 0.1) is 5.92 Å². The second kappa shape index (κ2) is 5.13. The van der Waals surface area contributed by atoms with Gasteiger partial charge in [-0.1, -0.05) is 60.7 Å². The number of rotatable bonds is 1. The van der Waals surface area contributed by atoms with Crippen molar-refractivity contribution in [2.24, 2.45) is 5.92 Å². The molecule has 0 unspecified atom stereocenters. The second-order valence-corrected chi connectivity index (χ2v) is 6.16. The van der Waals surface area contributed by atoms with Gasteiger partial charge in [0.25, 0.3) is 0 Å². The van der Waals surface area contributed by atoms with E-state index in [0.717, 1.165) is 12.1 Å². The van der Waals surface area contributed by atoms with E-state index in [-0.39, 0.29) is 11.9 Å². The zero-order valence-corrected chi connectivity index (χ0v) is 12.6. The molecule has 22 heavy (non-hydrogen) atoms. The summed E-state index contributed by atoms with van der Waals surface area (Å²) in [6, 6.07) is 18.9. The summed E-state index contributed by atoms with van der Waals surface area (Å²) in [5.74, 6) is 0.963. The molecule has 0 radical (unpaired) electrons. The number of hydrogen-bond donors (Lipinski definition) is 0.